The first-order valence-electron chi connectivity index (χ1n) is 8.93. The molecular formula is C19H19Cl2F3N2O4S. The summed E-state index contributed by atoms with van der Waals surface area (Å²) >= 11 is 11.2. The second-order valence-corrected chi connectivity index (χ2v) is 8.88. The number of ether oxygens (including phenoxy) is 1. The van der Waals surface area contributed by atoms with E-state index >= 15 is 0 Å². The molecule has 12 heteroatoms. The van der Waals surface area contributed by atoms with Gasteiger partial charge in [-0.1, -0.05) is 35.3 Å². The minimum atomic E-state index is -4.56. The Morgan fingerprint density at radius 3 is 2.16 bits per heavy atom. The van der Waals surface area contributed by atoms with E-state index in [0.717, 1.165) is 12.1 Å². The molecular weight excluding hydrogens is 480 g/mol. The molecule has 6 nitrogen and oxygen atoms in total. The van der Waals surface area contributed by atoms with E-state index in [1.54, 1.807) is 12.1 Å². The van der Waals surface area contributed by atoms with Gasteiger partial charge < -0.3 is 10.1 Å². The Kier molecular flexibility index (Phi) is 9.14. The van der Waals surface area contributed by atoms with Crippen molar-refractivity contribution >= 4 is 39.1 Å². The van der Waals surface area contributed by atoms with Gasteiger partial charge in [0.2, 0.25) is 5.91 Å². The number of nitrogens with one attached hydrogen (secondary N) is 2. The van der Waals surface area contributed by atoms with Crippen LogP contribution in [0.15, 0.2) is 53.4 Å². The van der Waals surface area contributed by atoms with Crippen LogP contribution in [-0.4, -0.2) is 40.6 Å². The van der Waals surface area contributed by atoms with Crippen molar-refractivity contribution in [2.45, 2.75) is 11.1 Å². The standard InChI is InChI=1S/C13H15F3N2O4S.C6H4Cl2/c14-13(15,16)10-1-3-11(4-2-10)23(20,21)18-12(19)9-7-17-5-6-22-8-9;7-5-3-1-2-4-6(5)8/h1-4,9,17H,5-8H2,(H,18,19);1-4H. The van der Waals surface area contributed by atoms with Gasteiger partial charge in [-0.05, 0) is 36.4 Å². The summed E-state index contributed by atoms with van der Waals surface area (Å²) in [6.45, 7) is 1.29. The lowest BCUT2D eigenvalue weighted by Crippen LogP contribution is -2.40. The van der Waals surface area contributed by atoms with Gasteiger partial charge in [0.25, 0.3) is 10.0 Å². The van der Waals surface area contributed by atoms with Gasteiger partial charge >= 0.3 is 6.18 Å². The highest BCUT2D eigenvalue weighted by atomic mass is 35.5. The van der Waals surface area contributed by atoms with Crippen molar-refractivity contribution in [3.63, 3.8) is 0 Å². The quantitative estimate of drug-likeness (QED) is 0.673. The second kappa shape index (κ2) is 11.1. The van der Waals surface area contributed by atoms with Crippen LogP contribution in [0.5, 0.6) is 0 Å². The maximum Gasteiger partial charge on any atom is 0.416 e. The van der Waals surface area contributed by atoms with Gasteiger partial charge in [-0.2, -0.15) is 13.2 Å². The summed E-state index contributed by atoms with van der Waals surface area (Å²) < 4.78 is 68.5. The van der Waals surface area contributed by atoms with Gasteiger partial charge in [-0.25, -0.2) is 13.1 Å². The van der Waals surface area contributed by atoms with Gasteiger partial charge in [-0.15, -0.1) is 0 Å². The van der Waals surface area contributed by atoms with Crippen LogP contribution >= 0.6 is 23.2 Å². The third-order valence-corrected chi connectivity index (χ3v) is 6.17. The summed E-state index contributed by atoms with van der Waals surface area (Å²) in [6.07, 6.45) is -4.56. The molecule has 1 aliphatic heterocycles. The highest BCUT2D eigenvalue weighted by molar-refractivity contribution is 7.90. The van der Waals surface area contributed by atoms with E-state index < -0.39 is 38.5 Å². The zero-order valence-electron chi connectivity index (χ0n) is 16.0. The smallest absolute Gasteiger partial charge is 0.379 e. The lowest BCUT2D eigenvalue weighted by molar-refractivity contribution is -0.137. The van der Waals surface area contributed by atoms with Crippen LogP contribution in [0.4, 0.5) is 13.2 Å². The fourth-order valence-corrected chi connectivity index (χ4v) is 3.73. The third-order valence-electron chi connectivity index (χ3n) is 4.06. The first-order chi connectivity index (χ1) is 14.5. The van der Waals surface area contributed by atoms with Crippen LogP contribution in [0.1, 0.15) is 5.56 Å². The number of halogens is 5. The molecule has 1 atom stereocenters. The predicted octanol–water partition coefficient (Wildman–Crippen LogP) is 3.74. The Hall–Kier alpha value is -1.85. The third kappa shape index (κ3) is 7.97. The highest BCUT2D eigenvalue weighted by Crippen LogP contribution is 2.29. The molecule has 1 aliphatic rings. The minimum absolute atomic E-state index is 0.0708. The minimum Gasteiger partial charge on any atom is -0.379 e. The SMILES string of the molecule is Clc1ccccc1Cl.O=C(NS(=O)(=O)c1ccc(C(F)(F)F)cc1)C1CNCCOC1. The normalized spacial score (nSPS) is 17.1. The van der Waals surface area contributed by atoms with E-state index in [2.05, 4.69) is 5.32 Å². The van der Waals surface area contributed by atoms with Gasteiger partial charge in [0.1, 0.15) is 0 Å². The number of hydrogen-bond donors (Lipinski definition) is 2. The molecule has 0 aliphatic carbocycles. The van der Waals surface area contributed by atoms with Gasteiger partial charge in [-0.3, -0.25) is 4.79 Å². The van der Waals surface area contributed by atoms with E-state index in [-0.39, 0.29) is 13.2 Å². The number of rotatable bonds is 3. The molecule has 2 aromatic carbocycles. The molecule has 1 amide bonds. The van der Waals surface area contributed by atoms with E-state index in [1.165, 1.54) is 0 Å². The summed E-state index contributed by atoms with van der Waals surface area (Å²) in [6, 6.07) is 10.1. The maximum atomic E-state index is 12.5. The fraction of sp³-hybridized carbons (Fsp3) is 0.316. The number of amides is 1. The van der Waals surface area contributed by atoms with Crippen molar-refractivity contribution in [1.29, 1.82) is 0 Å². The first-order valence-corrected chi connectivity index (χ1v) is 11.2. The number of benzene rings is 2. The van der Waals surface area contributed by atoms with Crippen LogP contribution in [0.25, 0.3) is 0 Å². The van der Waals surface area contributed by atoms with Gasteiger partial charge in [0, 0.05) is 13.1 Å². The van der Waals surface area contributed by atoms with Crippen molar-refractivity contribution in [3.05, 3.63) is 64.1 Å². The van der Waals surface area contributed by atoms with E-state index in [4.69, 9.17) is 27.9 Å². The Morgan fingerprint density at radius 2 is 1.65 bits per heavy atom. The first kappa shape index (κ1) is 25.4. The fourth-order valence-electron chi connectivity index (χ4n) is 2.41. The van der Waals surface area contributed by atoms with Crippen LogP contribution < -0.4 is 10.0 Å². The molecule has 1 heterocycles. The average molecular weight is 499 g/mol. The van der Waals surface area contributed by atoms with E-state index in [1.807, 2.05) is 16.9 Å². The molecule has 1 fully saturated rings. The van der Waals surface area contributed by atoms with Crippen LogP contribution in [-0.2, 0) is 25.7 Å². The second-order valence-electron chi connectivity index (χ2n) is 6.38. The van der Waals surface area contributed by atoms with Gasteiger partial charge in [0.15, 0.2) is 0 Å². The maximum absolute atomic E-state index is 12.5. The summed E-state index contributed by atoms with van der Waals surface area (Å²) in [5, 5.41) is 4.13. The zero-order chi connectivity index (χ0) is 23.1. The molecule has 0 spiro atoms. The molecule has 170 valence electrons. The van der Waals surface area contributed by atoms with Crippen LogP contribution in [0.2, 0.25) is 10.0 Å². The largest absolute Gasteiger partial charge is 0.416 e. The number of sulfonamides is 1. The highest BCUT2D eigenvalue weighted by Gasteiger charge is 2.31. The molecule has 1 unspecified atom stereocenters. The number of hydrogen-bond acceptors (Lipinski definition) is 5. The lowest BCUT2D eigenvalue weighted by atomic mass is 10.1. The molecule has 1 saturated heterocycles. The Morgan fingerprint density at radius 1 is 1.06 bits per heavy atom. The van der Waals surface area contributed by atoms with Crippen molar-refractivity contribution in [2.75, 3.05) is 26.3 Å². The lowest BCUT2D eigenvalue weighted by Gasteiger charge is -2.14. The van der Waals surface area contributed by atoms with E-state index in [0.29, 0.717) is 35.3 Å². The van der Waals surface area contributed by atoms with Gasteiger partial charge in [0.05, 0.1) is 39.6 Å². The molecule has 2 N–H and O–H groups in total. The molecule has 0 aromatic heterocycles. The number of carbonyl (C=O) groups is 1. The molecule has 2 aromatic rings. The topological polar surface area (TPSA) is 84.5 Å². The van der Waals surface area contributed by atoms with Crippen LogP contribution in [0, 0.1) is 5.92 Å². The number of carbonyl (C=O) groups excluding carboxylic acids is 1. The Bertz CT molecular complexity index is 957. The molecule has 0 saturated carbocycles. The molecule has 0 radical (unpaired) electrons. The van der Waals surface area contributed by atoms with Crippen molar-refractivity contribution in [2.24, 2.45) is 5.92 Å². The van der Waals surface area contributed by atoms with Crippen molar-refractivity contribution < 1.29 is 31.1 Å². The average Bonchev–Trinajstić information content (AvgIpc) is 3.00. The zero-order valence-corrected chi connectivity index (χ0v) is 18.3. The number of alkyl halides is 3. The van der Waals surface area contributed by atoms with Crippen molar-refractivity contribution in [3.8, 4) is 0 Å². The summed E-state index contributed by atoms with van der Waals surface area (Å²) in [5.41, 5.74) is -0.968. The summed E-state index contributed by atoms with van der Waals surface area (Å²) in [5.74, 6) is -1.46. The molecule has 3 rings (SSSR count). The summed E-state index contributed by atoms with van der Waals surface area (Å²) in [4.78, 5) is 11.6. The van der Waals surface area contributed by atoms with E-state index in [9.17, 15) is 26.4 Å². The van der Waals surface area contributed by atoms with Crippen LogP contribution in [0.3, 0.4) is 0 Å². The Balaban J connectivity index is 0.000000357. The monoisotopic (exact) mass is 498 g/mol. The predicted molar refractivity (Wildman–Crippen MR) is 110 cm³/mol. The van der Waals surface area contributed by atoms with Crippen molar-refractivity contribution in [1.82, 2.24) is 10.0 Å². The summed E-state index contributed by atoms with van der Waals surface area (Å²) in [7, 11) is -4.23. The molecule has 0 bridgehead atoms. The molecule has 31 heavy (non-hydrogen) atoms. The Labute approximate surface area is 187 Å².